The average Bonchev–Trinajstić information content (AvgIpc) is 2.00. The fourth-order valence-electron chi connectivity index (χ4n) is 2.13. The highest BCUT2D eigenvalue weighted by molar-refractivity contribution is 5.01. The molecule has 0 bridgehead atoms. The lowest BCUT2D eigenvalue weighted by molar-refractivity contribution is -0.0472. The van der Waals surface area contributed by atoms with Crippen molar-refractivity contribution in [2.75, 3.05) is 14.1 Å². The Kier molecular flexibility index (Phi) is 3.83. The van der Waals surface area contributed by atoms with Crippen LogP contribution in [0.25, 0.3) is 0 Å². The largest absolute Gasteiger partial charge is 0.303 e. The highest BCUT2D eigenvalue weighted by atomic mass is 15.2. The molecule has 0 fully saturated rings. The fraction of sp³-hybridized carbons (Fsp3) is 1.00. The van der Waals surface area contributed by atoms with Gasteiger partial charge in [0.25, 0.3) is 0 Å². The van der Waals surface area contributed by atoms with Crippen LogP contribution in [-0.2, 0) is 0 Å². The smallest absolute Gasteiger partial charge is 0.0228 e. The van der Waals surface area contributed by atoms with Crippen LogP contribution >= 0.6 is 0 Å². The van der Waals surface area contributed by atoms with Crippen molar-refractivity contribution in [2.45, 2.75) is 60.4 Å². The maximum atomic E-state index is 2.39. The van der Waals surface area contributed by atoms with Crippen molar-refractivity contribution in [3.05, 3.63) is 0 Å². The predicted molar refractivity (Wildman–Crippen MR) is 65.6 cm³/mol. The number of hydrogen-bond donors (Lipinski definition) is 0. The minimum absolute atomic E-state index is 0.255. The van der Waals surface area contributed by atoms with Crippen LogP contribution in [0.15, 0.2) is 0 Å². The summed E-state index contributed by atoms with van der Waals surface area (Å²) in [6.07, 6.45) is 1.18. The lowest BCUT2D eigenvalue weighted by Crippen LogP contribution is -2.57. The summed E-state index contributed by atoms with van der Waals surface area (Å²) in [6.45, 7) is 16.4. The Bertz CT molecular complexity index is 183. The summed E-state index contributed by atoms with van der Waals surface area (Å²) in [7, 11) is 4.38. The molecule has 0 saturated heterocycles. The molecule has 0 aliphatic heterocycles. The summed E-state index contributed by atoms with van der Waals surface area (Å²) in [5.74, 6) is 0. The first-order valence-corrected chi connectivity index (χ1v) is 5.68. The van der Waals surface area contributed by atoms with Gasteiger partial charge in [-0.3, -0.25) is 0 Å². The molecule has 0 rings (SSSR count). The Labute approximate surface area is 90.9 Å². The molecule has 0 N–H and O–H groups in total. The molecule has 1 heteroatoms. The van der Waals surface area contributed by atoms with Crippen LogP contribution in [0, 0.1) is 10.8 Å². The molecular formula is C13H29N. The molecule has 0 saturated carbocycles. The van der Waals surface area contributed by atoms with E-state index < -0.39 is 0 Å². The Hall–Kier alpha value is -0.0400. The molecule has 1 atom stereocenters. The Morgan fingerprint density at radius 1 is 0.857 bits per heavy atom. The van der Waals surface area contributed by atoms with E-state index in [4.69, 9.17) is 0 Å². The quantitative estimate of drug-likeness (QED) is 0.668. The van der Waals surface area contributed by atoms with E-state index in [0.717, 1.165) is 0 Å². The fourth-order valence-corrected chi connectivity index (χ4v) is 2.13. The second-order valence-corrected chi connectivity index (χ2v) is 6.40. The van der Waals surface area contributed by atoms with Crippen molar-refractivity contribution in [2.24, 2.45) is 10.8 Å². The molecule has 0 aliphatic carbocycles. The third kappa shape index (κ3) is 1.98. The zero-order valence-electron chi connectivity index (χ0n) is 11.7. The van der Waals surface area contributed by atoms with Gasteiger partial charge >= 0.3 is 0 Å². The molecule has 0 aromatic carbocycles. The van der Waals surface area contributed by atoms with Gasteiger partial charge in [0.15, 0.2) is 0 Å². The van der Waals surface area contributed by atoms with Gasteiger partial charge in [-0.25, -0.2) is 0 Å². The van der Waals surface area contributed by atoms with Crippen molar-refractivity contribution in [1.29, 1.82) is 0 Å². The van der Waals surface area contributed by atoms with Gasteiger partial charge < -0.3 is 4.90 Å². The molecule has 0 heterocycles. The molecule has 0 spiro atoms. The minimum Gasteiger partial charge on any atom is -0.303 e. The van der Waals surface area contributed by atoms with E-state index in [1.807, 2.05) is 0 Å². The van der Waals surface area contributed by atoms with Gasteiger partial charge in [-0.05, 0) is 38.3 Å². The van der Waals surface area contributed by atoms with E-state index in [1.54, 1.807) is 0 Å². The van der Waals surface area contributed by atoms with Crippen LogP contribution < -0.4 is 0 Å². The highest BCUT2D eigenvalue weighted by Gasteiger charge is 2.48. The van der Waals surface area contributed by atoms with Gasteiger partial charge in [-0.1, -0.05) is 41.5 Å². The van der Waals surface area contributed by atoms with Crippen LogP contribution in [0.1, 0.15) is 54.9 Å². The van der Waals surface area contributed by atoms with Gasteiger partial charge in [-0.2, -0.15) is 0 Å². The lowest BCUT2D eigenvalue weighted by Gasteiger charge is -2.55. The molecule has 86 valence electrons. The van der Waals surface area contributed by atoms with Gasteiger partial charge in [0.2, 0.25) is 0 Å². The normalized spacial score (nSPS) is 18.4. The third-order valence-electron chi connectivity index (χ3n) is 4.90. The maximum Gasteiger partial charge on any atom is 0.0228 e. The lowest BCUT2D eigenvalue weighted by atomic mass is 9.57. The topological polar surface area (TPSA) is 3.24 Å². The molecule has 0 radical (unpaired) electrons. The van der Waals surface area contributed by atoms with E-state index in [2.05, 4.69) is 67.5 Å². The van der Waals surface area contributed by atoms with E-state index in [1.165, 1.54) is 6.42 Å². The van der Waals surface area contributed by atoms with Crippen molar-refractivity contribution >= 4 is 0 Å². The van der Waals surface area contributed by atoms with Crippen LogP contribution in [-0.4, -0.2) is 24.5 Å². The van der Waals surface area contributed by atoms with Gasteiger partial charge in [0.1, 0.15) is 0 Å². The van der Waals surface area contributed by atoms with Crippen LogP contribution in [0.4, 0.5) is 0 Å². The van der Waals surface area contributed by atoms with Gasteiger partial charge in [0, 0.05) is 5.54 Å². The zero-order valence-corrected chi connectivity index (χ0v) is 11.7. The first-order chi connectivity index (χ1) is 6.00. The van der Waals surface area contributed by atoms with E-state index >= 15 is 0 Å². The maximum absolute atomic E-state index is 2.39. The predicted octanol–water partition coefficient (Wildman–Crippen LogP) is 3.79. The Morgan fingerprint density at radius 2 is 1.21 bits per heavy atom. The second-order valence-electron chi connectivity index (χ2n) is 6.40. The first kappa shape index (κ1) is 14.0. The summed E-state index contributed by atoms with van der Waals surface area (Å²) in [5, 5.41) is 0. The molecule has 1 nitrogen and oxygen atoms in total. The van der Waals surface area contributed by atoms with Crippen molar-refractivity contribution in [3.8, 4) is 0 Å². The first-order valence-electron chi connectivity index (χ1n) is 5.68. The van der Waals surface area contributed by atoms with Crippen LogP contribution in [0.5, 0.6) is 0 Å². The van der Waals surface area contributed by atoms with E-state index in [0.29, 0.717) is 5.41 Å². The van der Waals surface area contributed by atoms with Gasteiger partial charge in [0.05, 0.1) is 0 Å². The van der Waals surface area contributed by atoms with E-state index in [9.17, 15) is 0 Å². The van der Waals surface area contributed by atoms with Crippen LogP contribution in [0.3, 0.4) is 0 Å². The molecule has 0 aromatic rings. The van der Waals surface area contributed by atoms with Crippen molar-refractivity contribution in [1.82, 2.24) is 4.90 Å². The number of nitrogens with zero attached hydrogens (tertiary/aromatic N) is 1. The summed E-state index contributed by atoms with van der Waals surface area (Å²) in [5.41, 5.74) is 0.867. The average molecular weight is 199 g/mol. The minimum atomic E-state index is 0.255. The third-order valence-corrected chi connectivity index (χ3v) is 4.90. The summed E-state index contributed by atoms with van der Waals surface area (Å²) >= 11 is 0. The zero-order chi connectivity index (χ0) is 11.8. The van der Waals surface area contributed by atoms with Crippen LogP contribution in [0.2, 0.25) is 0 Å². The Morgan fingerprint density at radius 3 is 1.29 bits per heavy atom. The second kappa shape index (κ2) is 3.84. The molecular weight excluding hydrogens is 170 g/mol. The van der Waals surface area contributed by atoms with E-state index in [-0.39, 0.29) is 11.0 Å². The highest BCUT2D eigenvalue weighted by Crippen LogP contribution is 2.49. The molecule has 0 unspecified atom stereocenters. The number of hydrogen-bond acceptors (Lipinski definition) is 1. The SMILES string of the molecule is CC[C@@](C)(N(C)C)C(C)(C)C(C)(C)C. The molecule has 0 amide bonds. The summed E-state index contributed by atoms with van der Waals surface area (Å²) in [4.78, 5) is 2.37. The number of rotatable bonds is 3. The van der Waals surface area contributed by atoms with Crippen molar-refractivity contribution < 1.29 is 0 Å². The van der Waals surface area contributed by atoms with Gasteiger partial charge in [-0.15, -0.1) is 0 Å². The Balaban J connectivity index is 5.22. The summed E-state index contributed by atoms with van der Waals surface area (Å²) < 4.78 is 0. The summed E-state index contributed by atoms with van der Waals surface area (Å²) in [6, 6.07) is 0. The molecule has 0 aromatic heterocycles. The standard InChI is InChI=1S/C13H29N/c1-10-13(7,14(8)9)12(5,6)11(2,3)4/h10H2,1-9H3/t13-/m1/s1. The molecule has 14 heavy (non-hydrogen) atoms. The van der Waals surface area contributed by atoms with Crippen molar-refractivity contribution in [3.63, 3.8) is 0 Å². The monoisotopic (exact) mass is 199 g/mol. The molecule has 0 aliphatic rings.